The van der Waals surface area contributed by atoms with Gasteiger partial charge in [-0.25, -0.2) is 4.98 Å². The maximum absolute atomic E-state index is 12.4. The molecule has 8 heteroatoms. The number of carbonyl (C=O) groups is 1. The first kappa shape index (κ1) is 20.0. The van der Waals surface area contributed by atoms with E-state index in [1.807, 2.05) is 30.3 Å². The maximum atomic E-state index is 12.4. The molecule has 28 heavy (non-hydrogen) atoms. The highest BCUT2D eigenvalue weighted by molar-refractivity contribution is 5.81. The van der Waals surface area contributed by atoms with Gasteiger partial charge in [-0.1, -0.05) is 24.3 Å². The largest absolute Gasteiger partial charge is 0.493 e. The summed E-state index contributed by atoms with van der Waals surface area (Å²) in [5.74, 6) is 0.699. The number of nitrogens with zero attached hydrogens (tertiary/aromatic N) is 1. The first-order valence-corrected chi connectivity index (χ1v) is 8.95. The second kappa shape index (κ2) is 8.50. The zero-order chi connectivity index (χ0) is 20.1. The molecule has 150 valence electrons. The molecular weight excluding hydrogens is 373 g/mol. The molecule has 0 saturated heterocycles. The smallest absolute Gasteiger partial charge is 0.422 e. The number of carbonyl (C=O) groups excluding carboxylic acids is 1. The van der Waals surface area contributed by atoms with Crippen LogP contribution in [0.25, 0.3) is 0 Å². The summed E-state index contributed by atoms with van der Waals surface area (Å²) in [5, 5.41) is 2.91. The van der Waals surface area contributed by atoms with Crippen molar-refractivity contribution in [3.63, 3.8) is 0 Å². The number of alkyl halides is 3. The number of ether oxygens (including phenoxy) is 2. The third kappa shape index (κ3) is 5.87. The van der Waals surface area contributed by atoms with Gasteiger partial charge in [-0.2, -0.15) is 13.2 Å². The lowest BCUT2D eigenvalue weighted by atomic mass is 10.1. The Labute approximate surface area is 160 Å². The second-order valence-electron chi connectivity index (χ2n) is 6.79. The fraction of sp³-hybridized carbons (Fsp3) is 0.400. The molecule has 5 nitrogen and oxygen atoms in total. The minimum Gasteiger partial charge on any atom is -0.493 e. The quantitative estimate of drug-likeness (QED) is 0.737. The Kier molecular flexibility index (Phi) is 6.06. The standard InChI is InChI=1S/C20H21F3N2O3/c1-13(14-7-8-18(24-10-14)28-12-20(21,22)23)25-19(26)17-9-15(17)11-27-16-5-3-2-4-6-16/h2-8,10,13,15,17H,9,11-12H2,1H3,(H,25,26)/t13-,15+,17-/m1/s1. The van der Waals surface area contributed by atoms with Crippen molar-refractivity contribution in [2.45, 2.75) is 25.6 Å². The molecule has 0 unspecified atom stereocenters. The Morgan fingerprint density at radius 1 is 1.21 bits per heavy atom. The van der Waals surface area contributed by atoms with Gasteiger partial charge in [0.1, 0.15) is 5.75 Å². The van der Waals surface area contributed by atoms with Gasteiger partial charge in [0.05, 0.1) is 12.6 Å². The van der Waals surface area contributed by atoms with E-state index in [9.17, 15) is 18.0 Å². The van der Waals surface area contributed by atoms with Gasteiger partial charge in [0.15, 0.2) is 6.61 Å². The fourth-order valence-corrected chi connectivity index (χ4v) is 2.77. The number of hydrogen-bond acceptors (Lipinski definition) is 4. The minimum absolute atomic E-state index is 0.0634. The van der Waals surface area contributed by atoms with Crippen LogP contribution < -0.4 is 14.8 Å². The summed E-state index contributed by atoms with van der Waals surface area (Å²) in [4.78, 5) is 16.2. The van der Waals surface area contributed by atoms with Crippen LogP contribution in [0.15, 0.2) is 48.7 Å². The van der Waals surface area contributed by atoms with Crippen LogP contribution in [-0.4, -0.2) is 30.3 Å². The molecule has 2 aromatic rings. The number of rotatable bonds is 8. The number of para-hydroxylation sites is 1. The highest BCUT2D eigenvalue weighted by atomic mass is 19.4. The van der Waals surface area contributed by atoms with Gasteiger partial charge < -0.3 is 14.8 Å². The van der Waals surface area contributed by atoms with Gasteiger partial charge in [0.25, 0.3) is 0 Å². The third-order valence-electron chi connectivity index (χ3n) is 4.47. The zero-order valence-corrected chi connectivity index (χ0v) is 15.3. The van der Waals surface area contributed by atoms with Crippen LogP contribution >= 0.6 is 0 Å². The van der Waals surface area contributed by atoms with Gasteiger partial charge in [-0.15, -0.1) is 0 Å². The molecular formula is C20H21F3N2O3. The summed E-state index contributed by atoms with van der Waals surface area (Å²) in [6.45, 7) is 0.895. The zero-order valence-electron chi connectivity index (χ0n) is 15.3. The van der Waals surface area contributed by atoms with Gasteiger partial charge in [-0.3, -0.25) is 4.79 Å². The number of benzene rings is 1. The molecule has 0 bridgehead atoms. The molecule has 1 heterocycles. The molecule has 1 N–H and O–H groups in total. The Morgan fingerprint density at radius 2 is 1.96 bits per heavy atom. The van der Waals surface area contributed by atoms with E-state index >= 15 is 0 Å². The predicted molar refractivity (Wildman–Crippen MR) is 95.9 cm³/mol. The van der Waals surface area contributed by atoms with Crippen molar-refractivity contribution in [2.24, 2.45) is 11.8 Å². The summed E-state index contributed by atoms with van der Waals surface area (Å²) >= 11 is 0. The highest BCUT2D eigenvalue weighted by Crippen LogP contribution is 2.39. The molecule has 0 spiro atoms. The first-order chi connectivity index (χ1) is 13.3. The number of aromatic nitrogens is 1. The third-order valence-corrected chi connectivity index (χ3v) is 4.47. The molecule has 0 aliphatic heterocycles. The monoisotopic (exact) mass is 394 g/mol. The molecule has 1 amide bonds. The van der Waals surface area contributed by atoms with E-state index in [2.05, 4.69) is 15.0 Å². The average Bonchev–Trinajstić information content (AvgIpc) is 3.45. The van der Waals surface area contributed by atoms with E-state index in [1.54, 1.807) is 13.0 Å². The van der Waals surface area contributed by atoms with Crippen LogP contribution in [0.2, 0.25) is 0 Å². The summed E-state index contributed by atoms with van der Waals surface area (Å²) in [7, 11) is 0. The number of halogens is 3. The molecule has 1 saturated carbocycles. The van der Waals surface area contributed by atoms with Crippen molar-refractivity contribution >= 4 is 5.91 Å². The first-order valence-electron chi connectivity index (χ1n) is 8.95. The van der Waals surface area contributed by atoms with Crippen LogP contribution in [0.5, 0.6) is 11.6 Å². The number of hydrogen-bond donors (Lipinski definition) is 1. The van der Waals surface area contributed by atoms with E-state index < -0.39 is 12.8 Å². The molecule has 1 aromatic heterocycles. The van der Waals surface area contributed by atoms with Crippen LogP contribution in [0.1, 0.15) is 24.9 Å². The maximum Gasteiger partial charge on any atom is 0.422 e. The number of pyridine rings is 1. The van der Waals surface area contributed by atoms with Crippen molar-refractivity contribution < 1.29 is 27.4 Å². The van der Waals surface area contributed by atoms with E-state index in [0.717, 1.165) is 12.2 Å². The Hall–Kier alpha value is -2.77. The predicted octanol–water partition coefficient (Wildman–Crippen LogP) is 3.92. The molecule has 1 aliphatic rings. The van der Waals surface area contributed by atoms with Gasteiger partial charge in [0.2, 0.25) is 11.8 Å². The van der Waals surface area contributed by atoms with E-state index in [1.165, 1.54) is 12.3 Å². The Morgan fingerprint density at radius 3 is 2.61 bits per heavy atom. The van der Waals surface area contributed by atoms with Gasteiger partial charge >= 0.3 is 6.18 Å². The average molecular weight is 394 g/mol. The van der Waals surface area contributed by atoms with E-state index in [-0.39, 0.29) is 29.7 Å². The number of amides is 1. The van der Waals surface area contributed by atoms with Crippen molar-refractivity contribution in [3.05, 3.63) is 54.2 Å². The summed E-state index contributed by atoms with van der Waals surface area (Å²) in [6.07, 6.45) is -2.24. The lowest BCUT2D eigenvalue weighted by Crippen LogP contribution is -2.29. The summed E-state index contributed by atoms with van der Waals surface area (Å²) in [5.41, 5.74) is 0.686. The normalized spacial score (nSPS) is 19.6. The molecule has 1 fully saturated rings. The lowest BCUT2D eigenvalue weighted by Gasteiger charge is -2.15. The van der Waals surface area contributed by atoms with Crippen LogP contribution in [-0.2, 0) is 4.79 Å². The van der Waals surface area contributed by atoms with Crippen molar-refractivity contribution in [3.8, 4) is 11.6 Å². The lowest BCUT2D eigenvalue weighted by molar-refractivity contribution is -0.154. The topological polar surface area (TPSA) is 60.5 Å². The highest BCUT2D eigenvalue weighted by Gasteiger charge is 2.43. The summed E-state index contributed by atoms with van der Waals surface area (Å²) in [6, 6.07) is 12.1. The molecule has 0 radical (unpaired) electrons. The van der Waals surface area contributed by atoms with Crippen LogP contribution in [0, 0.1) is 11.8 Å². The molecule has 1 aromatic carbocycles. The second-order valence-corrected chi connectivity index (χ2v) is 6.79. The van der Waals surface area contributed by atoms with Crippen LogP contribution in [0.4, 0.5) is 13.2 Å². The van der Waals surface area contributed by atoms with Crippen molar-refractivity contribution in [1.29, 1.82) is 0 Å². The van der Waals surface area contributed by atoms with Crippen molar-refractivity contribution in [2.75, 3.05) is 13.2 Å². The van der Waals surface area contributed by atoms with Gasteiger partial charge in [-0.05, 0) is 31.0 Å². The fourth-order valence-electron chi connectivity index (χ4n) is 2.77. The summed E-state index contributed by atoms with van der Waals surface area (Å²) < 4.78 is 46.7. The van der Waals surface area contributed by atoms with E-state index in [0.29, 0.717) is 12.2 Å². The van der Waals surface area contributed by atoms with Gasteiger partial charge in [0, 0.05) is 24.1 Å². The van der Waals surface area contributed by atoms with E-state index in [4.69, 9.17) is 4.74 Å². The molecule has 3 rings (SSSR count). The number of nitrogens with one attached hydrogen (secondary N) is 1. The molecule has 1 aliphatic carbocycles. The van der Waals surface area contributed by atoms with Crippen molar-refractivity contribution in [1.82, 2.24) is 10.3 Å². The minimum atomic E-state index is -4.41. The Balaban J connectivity index is 1.43. The molecule has 3 atom stereocenters. The van der Waals surface area contributed by atoms with Crippen LogP contribution in [0.3, 0.4) is 0 Å². The Bertz CT molecular complexity index is 782. The SMILES string of the molecule is C[C@@H](NC(=O)[C@@H]1C[C@H]1COc1ccccc1)c1ccc(OCC(F)(F)F)nc1.